The predicted octanol–water partition coefficient (Wildman–Crippen LogP) is 3.04. The summed E-state index contributed by atoms with van der Waals surface area (Å²) in [6.45, 7) is 1.05. The Labute approximate surface area is 238 Å². The van der Waals surface area contributed by atoms with E-state index < -0.39 is 18.2 Å². The number of rotatable bonds is 10. The van der Waals surface area contributed by atoms with Gasteiger partial charge in [0.25, 0.3) is 0 Å². The van der Waals surface area contributed by atoms with Gasteiger partial charge >= 0.3 is 0 Å². The molecular weight excluding hydrogens is 599 g/mol. The highest BCUT2D eigenvalue weighted by molar-refractivity contribution is 14.1. The summed E-state index contributed by atoms with van der Waals surface area (Å²) in [6.07, 6.45) is 7.17. The van der Waals surface area contributed by atoms with Crippen LogP contribution in [0.2, 0.25) is 0 Å². The van der Waals surface area contributed by atoms with Crippen molar-refractivity contribution in [2.24, 2.45) is 17.8 Å². The lowest BCUT2D eigenvalue weighted by Gasteiger charge is -2.42. The van der Waals surface area contributed by atoms with Crippen molar-refractivity contribution >= 4 is 34.4 Å². The first-order valence-corrected chi connectivity index (χ1v) is 15.1. The van der Waals surface area contributed by atoms with Gasteiger partial charge in [0.05, 0.1) is 22.3 Å². The number of halogens is 1. The molecule has 7 atom stereocenters. The third-order valence-electron chi connectivity index (χ3n) is 8.78. The molecular formula is C29H39IN2O6. The molecule has 1 aliphatic heterocycles. The second-order valence-corrected chi connectivity index (χ2v) is 12.4. The number of aliphatic hydroxyl groups excluding tert-OH is 2. The van der Waals surface area contributed by atoms with Gasteiger partial charge in [-0.25, -0.2) is 0 Å². The molecule has 8 nitrogen and oxygen atoms in total. The number of aliphatic hydroxyl groups is 2. The van der Waals surface area contributed by atoms with Crippen LogP contribution in [0, 0.1) is 21.3 Å². The zero-order valence-electron chi connectivity index (χ0n) is 21.8. The van der Waals surface area contributed by atoms with Gasteiger partial charge in [0.15, 0.2) is 0 Å². The van der Waals surface area contributed by atoms with Gasteiger partial charge in [0.1, 0.15) is 18.0 Å². The van der Waals surface area contributed by atoms with Crippen molar-refractivity contribution in [3.05, 3.63) is 39.5 Å². The summed E-state index contributed by atoms with van der Waals surface area (Å²) in [6, 6.07) is 6.92. The standard InChI is InChI=1S/C29H39IN2O6/c30-23-5-1-2-6-25(23)38-26-15-21(29(36)31-9-10-33)14-24(28(26)35)32(17-22-4-3-11-37-22)27(34)16-20-13-18-7-8-19(20)12-18/h1-2,5-6,15,18-20,22,24,26,28,33,35H,3-4,7-14,16-17H2,(H,31,36). The Morgan fingerprint density at radius 2 is 2.03 bits per heavy atom. The van der Waals surface area contributed by atoms with E-state index >= 15 is 0 Å². The molecule has 0 aromatic heterocycles. The van der Waals surface area contributed by atoms with E-state index in [-0.39, 0.29) is 37.5 Å². The molecule has 3 aliphatic carbocycles. The Morgan fingerprint density at radius 3 is 2.71 bits per heavy atom. The number of nitrogens with one attached hydrogen (secondary N) is 1. The van der Waals surface area contributed by atoms with Crippen molar-refractivity contribution < 1.29 is 29.3 Å². The van der Waals surface area contributed by atoms with Crippen molar-refractivity contribution in [2.75, 3.05) is 26.3 Å². The van der Waals surface area contributed by atoms with Crippen LogP contribution in [0.4, 0.5) is 0 Å². The summed E-state index contributed by atoms with van der Waals surface area (Å²) in [7, 11) is 0. The lowest BCUT2D eigenvalue weighted by Crippen LogP contribution is -2.56. The lowest BCUT2D eigenvalue weighted by molar-refractivity contribution is -0.142. The van der Waals surface area contributed by atoms with Crippen LogP contribution in [0.3, 0.4) is 0 Å². The maximum absolute atomic E-state index is 13.9. The van der Waals surface area contributed by atoms with Crippen molar-refractivity contribution in [1.82, 2.24) is 10.2 Å². The van der Waals surface area contributed by atoms with Crippen LogP contribution in [0.15, 0.2) is 35.9 Å². The molecule has 2 amide bonds. The minimum Gasteiger partial charge on any atom is -0.482 e. The van der Waals surface area contributed by atoms with E-state index in [0.717, 1.165) is 28.8 Å². The van der Waals surface area contributed by atoms with Gasteiger partial charge in [-0.15, -0.1) is 0 Å². The van der Waals surface area contributed by atoms with E-state index in [1.807, 2.05) is 24.3 Å². The number of benzene rings is 1. The molecule has 7 unspecified atom stereocenters. The highest BCUT2D eigenvalue weighted by Crippen LogP contribution is 2.49. The van der Waals surface area contributed by atoms with Crippen LogP contribution in [0.5, 0.6) is 5.75 Å². The predicted molar refractivity (Wildman–Crippen MR) is 150 cm³/mol. The van der Waals surface area contributed by atoms with E-state index in [1.54, 1.807) is 11.0 Å². The molecule has 1 saturated heterocycles. The minimum atomic E-state index is -1.01. The van der Waals surface area contributed by atoms with Gasteiger partial charge in [0.2, 0.25) is 11.8 Å². The lowest BCUT2D eigenvalue weighted by atomic mass is 9.84. The highest BCUT2D eigenvalue weighted by Gasteiger charge is 2.44. The normalized spacial score (nSPS) is 32.2. The Kier molecular flexibility index (Phi) is 9.28. The van der Waals surface area contributed by atoms with Crippen LogP contribution in [-0.4, -0.2) is 77.6 Å². The third-order valence-corrected chi connectivity index (χ3v) is 9.67. The molecule has 208 valence electrons. The van der Waals surface area contributed by atoms with Gasteiger partial charge in [-0.1, -0.05) is 18.6 Å². The van der Waals surface area contributed by atoms with Crippen LogP contribution in [0.25, 0.3) is 0 Å². The van der Waals surface area contributed by atoms with Crippen molar-refractivity contribution in [3.8, 4) is 5.75 Å². The Morgan fingerprint density at radius 1 is 1.18 bits per heavy atom. The number of hydrogen-bond donors (Lipinski definition) is 3. The fraction of sp³-hybridized carbons (Fsp3) is 0.655. The van der Waals surface area contributed by atoms with Gasteiger partial charge in [-0.2, -0.15) is 0 Å². The van der Waals surface area contributed by atoms with Gasteiger partial charge in [-0.05, 0) is 90.7 Å². The Bertz CT molecular complexity index is 1030. The molecule has 1 aromatic carbocycles. The molecule has 4 aliphatic rings. The first-order chi connectivity index (χ1) is 18.4. The number of amides is 2. The van der Waals surface area contributed by atoms with E-state index in [1.165, 1.54) is 19.3 Å². The monoisotopic (exact) mass is 638 g/mol. The first-order valence-electron chi connectivity index (χ1n) is 14.0. The number of carbonyl (C=O) groups is 2. The highest BCUT2D eigenvalue weighted by atomic mass is 127. The molecule has 38 heavy (non-hydrogen) atoms. The molecule has 0 spiro atoms. The van der Waals surface area contributed by atoms with Gasteiger partial charge < -0.3 is 29.9 Å². The molecule has 5 rings (SSSR count). The van der Waals surface area contributed by atoms with Crippen LogP contribution < -0.4 is 10.1 Å². The molecule has 1 heterocycles. The summed E-state index contributed by atoms with van der Waals surface area (Å²) in [5.74, 6) is 2.11. The van der Waals surface area contributed by atoms with Gasteiger partial charge in [0, 0.05) is 38.1 Å². The number of ether oxygens (including phenoxy) is 2. The molecule has 3 N–H and O–H groups in total. The average Bonchev–Trinajstić information content (AvgIpc) is 3.68. The molecule has 3 fully saturated rings. The zero-order valence-corrected chi connectivity index (χ0v) is 23.9. The smallest absolute Gasteiger partial charge is 0.247 e. The Balaban J connectivity index is 1.40. The second-order valence-electron chi connectivity index (χ2n) is 11.3. The maximum Gasteiger partial charge on any atom is 0.247 e. The summed E-state index contributed by atoms with van der Waals surface area (Å²) >= 11 is 2.18. The SMILES string of the molecule is O=C(NCCO)C1=CC(Oc2ccccc2I)C(O)C(N(CC2CCCO2)C(=O)CC2CC3CCC2C3)C1. The summed E-state index contributed by atoms with van der Waals surface area (Å²) < 4.78 is 13.1. The maximum atomic E-state index is 13.9. The van der Waals surface area contributed by atoms with E-state index in [4.69, 9.17) is 9.47 Å². The first kappa shape index (κ1) is 27.9. The van der Waals surface area contributed by atoms with Crippen LogP contribution >= 0.6 is 22.6 Å². The minimum absolute atomic E-state index is 0.0344. The average molecular weight is 639 g/mol. The summed E-state index contributed by atoms with van der Waals surface area (Å²) in [5, 5.41) is 23.6. The Hall–Kier alpha value is -1.69. The number of hydrogen-bond acceptors (Lipinski definition) is 6. The van der Waals surface area contributed by atoms with E-state index in [2.05, 4.69) is 27.9 Å². The summed E-state index contributed by atoms with van der Waals surface area (Å²) in [5.41, 5.74) is 0.453. The largest absolute Gasteiger partial charge is 0.482 e. The third kappa shape index (κ3) is 6.37. The molecule has 2 saturated carbocycles. The van der Waals surface area contributed by atoms with Crippen LogP contribution in [0.1, 0.15) is 51.4 Å². The van der Waals surface area contributed by atoms with Crippen molar-refractivity contribution in [2.45, 2.75) is 75.7 Å². The quantitative estimate of drug-likeness (QED) is 0.341. The van der Waals surface area contributed by atoms with E-state index in [0.29, 0.717) is 42.7 Å². The molecule has 0 radical (unpaired) electrons. The number of fused-ring (bicyclic) bond motifs is 2. The fourth-order valence-corrected chi connectivity index (χ4v) is 7.38. The topological polar surface area (TPSA) is 108 Å². The second kappa shape index (κ2) is 12.7. The fourth-order valence-electron chi connectivity index (χ4n) is 6.86. The molecule has 9 heteroatoms. The van der Waals surface area contributed by atoms with Gasteiger partial charge in [-0.3, -0.25) is 9.59 Å². The molecule has 2 bridgehead atoms. The van der Waals surface area contributed by atoms with Crippen LogP contribution in [-0.2, 0) is 14.3 Å². The zero-order chi connectivity index (χ0) is 26.6. The number of carbonyl (C=O) groups excluding carboxylic acids is 2. The number of para-hydroxylation sites is 1. The number of nitrogens with zero attached hydrogens (tertiary/aromatic N) is 1. The summed E-state index contributed by atoms with van der Waals surface area (Å²) in [4.78, 5) is 28.8. The van der Waals surface area contributed by atoms with E-state index in [9.17, 15) is 19.8 Å². The molecule has 1 aromatic rings. The van der Waals surface area contributed by atoms with Crippen molar-refractivity contribution in [1.29, 1.82) is 0 Å². The van der Waals surface area contributed by atoms with Crippen molar-refractivity contribution in [3.63, 3.8) is 0 Å².